The number of aliphatic hydroxyl groups excluding tert-OH is 1. The molecule has 1 N–H and O–H groups in total. The number of nitrogens with zero attached hydrogens (tertiary/aromatic N) is 4. The number of carbonyl (C=O) groups excluding carboxylic acids is 2. The van der Waals surface area contributed by atoms with Gasteiger partial charge in [-0.15, -0.1) is 0 Å². The molecular weight excluding hydrogens is 428 g/mol. The molecule has 3 heterocycles. The number of Topliss-reactive ketones (excluding diaryl/α,β-unsaturated/α-hetero) is 1. The molecule has 178 valence electrons. The van der Waals surface area contributed by atoms with Gasteiger partial charge >= 0.3 is 0 Å². The number of imidazole rings is 1. The molecule has 0 saturated carbocycles. The molecule has 1 aliphatic rings. The van der Waals surface area contributed by atoms with Crippen molar-refractivity contribution >= 4 is 23.1 Å². The van der Waals surface area contributed by atoms with E-state index in [2.05, 4.69) is 23.7 Å². The molecule has 1 fully saturated rings. The maximum atomic E-state index is 13.3. The minimum Gasteiger partial charge on any atom is -0.505 e. The predicted octanol–water partition coefficient (Wildman–Crippen LogP) is 4.10. The van der Waals surface area contributed by atoms with Gasteiger partial charge in [0.25, 0.3) is 11.7 Å². The zero-order valence-electron chi connectivity index (χ0n) is 20.3. The number of benzene rings is 1. The van der Waals surface area contributed by atoms with Crippen molar-refractivity contribution in [2.24, 2.45) is 0 Å². The number of aliphatic hydroxyl groups is 1. The Bertz CT molecular complexity index is 1240. The lowest BCUT2D eigenvalue weighted by Gasteiger charge is -2.27. The first-order chi connectivity index (χ1) is 16.4. The first-order valence-corrected chi connectivity index (χ1v) is 11.9. The Balaban J connectivity index is 1.81. The van der Waals surface area contributed by atoms with Gasteiger partial charge in [-0.1, -0.05) is 49.7 Å². The third-order valence-electron chi connectivity index (χ3n) is 6.63. The Morgan fingerprint density at radius 3 is 2.44 bits per heavy atom. The third-order valence-corrected chi connectivity index (χ3v) is 6.63. The lowest BCUT2D eigenvalue weighted by atomic mass is 9.95. The highest BCUT2D eigenvalue weighted by molar-refractivity contribution is 6.46. The summed E-state index contributed by atoms with van der Waals surface area (Å²) in [4.78, 5) is 34.9. The molecule has 0 aliphatic carbocycles. The summed E-state index contributed by atoms with van der Waals surface area (Å²) in [5.74, 6) is -1.42. The molecule has 1 atom stereocenters. The average molecular weight is 461 g/mol. The van der Waals surface area contributed by atoms with Crippen molar-refractivity contribution in [3.05, 3.63) is 76.7 Å². The Kier molecular flexibility index (Phi) is 6.84. The maximum absolute atomic E-state index is 13.3. The number of rotatable bonds is 8. The Labute approximate surface area is 200 Å². The van der Waals surface area contributed by atoms with Gasteiger partial charge in [-0.3, -0.25) is 14.0 Å². The summed E-state index contributed by atoms with van der Waals surface area (Å²) in [5, 5.41) is 11.5. The summed E-state index contributed by atoms with van der Waals surface area (Å²) in [6.45, 7) is 11.1. The van der Waals surface area contributed by atoms with Crippen LogP contribution >= 0.6 is 0 Å². The van der Waals surface area contributed by atoms with E-state index >= 15 is 0 Å². The van der Waals surface area contributed by atoms with Crippen molar-refractivity contribution in [1.82, 2.24) is 19.2 Å². The van der Waals surface area contributed by atoms with Gasteiger partial charge in [-0.2, -0.15) is 0 Å². The van der Waals surface area contributed by atoms with Crippen molar-refractivity contribution in [3.63, 3.8) is 0 Å². The second-order valence-electron chi connectivity index (χ2n) is 8.76. The molecule has 0 spiro atoms. The molecule has 3 aromatic rings. The van der Waals surface area contributed by atoms with Gasteiger partial charge in [0.2, 0.25) is 0 Å². The molecule has 2 aromatic heterocycles. The van der Waals surface area contributed by atoms with Gasteiger partial charge in [-0.05, 0) is 57.6 Å². The summed E-state index contributed by atoms with van der Waals surface area (Å²) in [7, 11) is 0. The summed E-state index contributed by atoms with van der Waals surface area (Å²) in [6, 6.07) is 12.7. The number of ketones is 1. The minimum absolute atomic E-state index is 0.116. The van der Waals surface area contributed by atoms with Crippen molar-refractivity contribution < 1.29 is 14.7 Å². The molecule has 1 aliphatic heterocycles. The van der Waals surface area contributed by atoms with E-state index in [4.69, 9.17) is 0 Å². The van der Waals surface area contributed by atoms with Gasteiger partial charge < -0.3 is 14.9 Å². The molecule has 7 nitrogen and oxygen atoms in total. The van der Waals surface area contributed by atoms with Crippen LogP contribution in [0.1, 0.15) is 48.8 Å². The monoisotopic (exact) mass is 460 g/mol. The normalized spacial score (nSPS) is 17.9. The van der Waals surface area contributed by atoms with Crippen molar-refractivity contribution in [1.29, 1.82) is 0 Å². The summed E-state index contributed by atoms with van der Waals surface area (Å²) < 4.78 is 1.75. The van der Waals surface area contributed by atoms with Crippen LogP contribution in [-0.4, -0.2) is 62.2 Å². The van der Waals surface area contributed by atoms with E-state index in [1.165, 1.54) is 0 Å². The average Bonchev–Trinajstić information content (AvgIpc) is 3.30. The van der Waals surface area contributed by atoms with E-state index in [9.17, 15) is 14.7 Å². The van der Waals surface area contributed by atoms with Gasteiger partial charge in [0.15, 0.2) is 5.76 Å². The molecule has 34 heavy (non-hydrogen) atoms. The van der Waals surface area contributed by atoms with Crippen LogP contribution in [0.25, 0.3) is 11.4 Å². The number of aryl methyl sites for hydroxylation is 2. The van der Waals surface area contributed by atoms with E-state index in [0.717, 1.165) is 37.2 Å². The lowest BCUT2D eigenvalue weighted by Crippen LogP contribution is -2.33. The first kappa shape index (κ1) is 23.7. The SMILES string of the molecule is CCN(CC)CCCN1C(=O)C(=O)/C(=C(\O)c2c(C)nc3ccccn23)C1c1ccc(C)cc1. The van der Waals surface area contributed by atoms with Crippen LogP contribution in [-0.2, 0) is 9.59 Å². The van der Waals surface area contributed by atoms with Crippen molar-refractivity contribution in [2.75, 3.05) is 26.2 Å². The molecule has 4 rings (SSSR count). The molecule has 1 amide bonds. The number of aromatic nitrogens is 2. The van der Waals surface area contributed by atoms with Crippen LogP contribution in [0.4, 0.5) is 0 Å². The number of likely N-dealkylation sites (tertiary alicyclic amines) is 1. The van der Waals surface area contributed by atoms with E-state index in [1.54, 1.807) is 22.4 Å². The number of pyridine rings is 1. The number of carbonyl (C=O) groups is 2. The molecule has 0 radical (unpaired) electrons. The largest absolute Gasteiger partial charge is 0.505 e. The van der Waals surface area contributed by atoms with Crippen molar-refractivity contribution in [3.8, 4) is 0 Å². The molecule has 1 unspecified atom stereocenters. The lowest BCUT2D eigenvalue weighted by molar-refractivity contribution is -0.140. The van der Waals surface area contributed by atoms with Gasteiger partial charge in [0, 0.05) is 12.7 Å². The van der Waals surface area contributed by atoms with Gasteiger partial charge in [0.05, 0.1) is 17.3 Å². The zero-order valence-corrected chi connectivity index (χ0v) is 20.3. The van der Waals surface area contributed by atoms with Gasteiger partial charge in [-0.25, -0.2) is 4.98 Å². The van der Waals surface area contributed by atoms with Crippen molar-refractivity contribution in [2.45, 2.75) is 40.2 Å². The minimum atomic E-state index is -0.656. The Hall–Kier alpha value is -3.45. The molecular formula is C27H32N4O3. The Morgan fingerprint density at radius 2 is 1.76 bits per heavy atom. The molecule has 7 heteroatoms. The van der Waals surface area contributed by atoms with E-state index < -0.39 is 17.7 Å². The van der Waals surface area contributed by atoms with E-state index in [0.29, 0.717) is 23.6 Å². The third kappa shape index (κ3) is 4.23. The predicted molar refractivity (Wildman–Crippen MR) is 133 cm³/mol. The van der Waals surface area contributed by atoms with Crippen LogP contribution in [0, 0.1) is 13.8 Å². The molecule has 0 bridgehead atoms. The fraction of sp³-hybridized carbons (Fsp3) is 0.370. The highest BCUT2D eigenvalue weighted by atomic mass is 16.3. The van der Waals surface area contributed by atoms with Crippen LogP contribution in [0.5, 0.6) is 0 Å². The van der Waals surface area contributed by atoms with E-state index in [1.807, 2.05) is 49.4 Å². The number of hydrogen-bond acceptors (Lipinski definition) is 5. The summed E-state index contributed by atoms with van der Waals surface area (Å²) in [6.07, 6.45) is 2.54. The fourth-order valence-corrected chi connectivity index (χ4v) is 4.74. The van der Waals surface area contributed by atoms with Crippen LogP contribution in [0.15, 0.2) is 54.2 Å². The van der Waals surface area contributed by atoms with Crippen LogP contribution in [0.3, 0.4) is 0 Å². The number of hydrogen-bond donors (Lipinski definition) is 1. The second-order valence-corrected chi connectivity index (χ2v) is 8.76. The maximum Gasteiger partial charge on any atom is 0.295 e. The summed E-state index contributed by atoms with van der Waals surface area (Å²) in [5.41, 5.74) is 3.71. The Morgan fingerprint density at radius 1 is 1.06 bits per heavy atom. The second kappa shape index (κ2) is 9.81. The highest BCUT2D eigenvalue weighted by Gasteiger charge is 2.46. The first-order valence-electron chi connectivity index (χ1n) is 11.9. The standard InChI is InChI=1S/C27H32N4O3/c1-5-29(6-2)15-9-17-31-24(20-13-11-18(3)12-14-20)22(26(33)27(31)34)25(32)23-19(4)28-21-10-7-8-16-30(21)23/h7-8,10-14,16,24,32H,5-6,9,15,17H2,1-4H3/b25-22-. The number of fused-ring (bicyclic) bond motifs is 1. The van der Waals surface area contributed by atoms with Crippen LogP contribution < -0.4 is 0 Å². The topological polar surface area (TPSA) is 78.2 Å². The van der Waals surface area contributed by atoms with Crippen LogP contribution in [0.2, 0.25) is 0 Å². The van der Waals surface area contributed by atoms with E-state index in [-0.39, 0.29) is 11.3 Å². The quantitative estimate of drug-likeness (QED) is 0.311. The zero-order chi connectivity index (χ0) is 24.4. The fourth-order valence-electron chi connectivity index (χ4n) is 4.74. The summed E-state index contributed by atoms with van der Waals surface area (Å²) >= 11 is 0. The highest BCUT2D eigenvalue weighted by Crippen LogP contribution is 2.40. The van der Waals surface area contributed by atoms with Gasteiger partial charge in [0.1, 0.15) is 11.3 Å². The smallest absolute Gasteiger partial charge is 0.295 e. The molecule has 1 aromatic carbocycles. The number of amides is 1. The molecule has 1 saturated heterocycles.